The Balaban J connectivity index is 1.56. The van der Waals surface area contributed by atoms with Crippen molar-refractivity contribution in [3.05, 3.63) is 125 Å². The molecule has 6 nitrogen and oxygen atoms in total. The second-order valence-corrected chi connectivity index (χ2v) is 8.03. The molecule has 0 saturated carbocycles. The van der Waals surface area contributed by atoms with Gasteiger partial charge >= 0.3 is 0 Å². The van der Waals surface area contributed by atoms with E-state index < -0.39 is 5.91 Å². The van der Waals surface area contributed by atoms with Crippen LogP contribution in [0.2, 0.25) is 0 Å². The van der Waals surface area contributed by atoms with E-state index in [1.165, 1.54) is 6.20 Å². The van der Waals surface area contributed by atoms with Gasteiger partial charge in [0, 0.05) is 11.8 Å². The van der Waals surface area contributed by atoms with Gasteiger partial charge in [-0.05, 0) is 76.1 Å². The zero-order valence-electron chi connectivity index (χ0n) is 17.9. The van der Waals surface area contributed by atoms with Crippen LogP contribution >= 0.6 is 15.9 Å². The molecular formula is C27H20BrN3O3. The lowest BCUT2D eigenvalue weighted by Crippen LogP contribution is -2.30. The molecule has 0 aliphatic rings. The van der Waals surface area contributed by atoms with Gasteiger partial charge < -0.3 is 15.4 Å². The first-order chi connectivity index (χ1) is 16.6. The number of aromatic nitrogens is 1. The van der Waals surface area contributed by atoms with Crippen molar-refractivity contribution in [3.63, 3.8) is 0 Å². The highest BCUT2D eigenvalue weighted by atomic mass is 79.9. The number of ether oxygens (including phenoxy) is 1. The Kier molecular flexibility index (Phi) is 7.47. The van der Waals surface area contributed by atoms with Crippen LogP contribution in [0.5, 0.6) is 11.5 Å². The first-order valence-electron chi connectivity index (χ1n) is 10.4. The van der Waals surface area contributed by atoms with Crippen LogP contribution in [0.25, 0.3) is 6.08 Å². The SMILES string of the molecule is O=C(Nc1cccnc1)/C(=C\c1ccc(Oc2ccccc2Br)cc1)NC(=O)c1ccccc1. The van der Waals surface area contributed by atoms with E-state index >= 15 is 0 Å². The molecule has 0 fully saturated rings. The lowest BCUT2D eigenvalue weighted by Gasteiger charge is -2.12. The average Bonchev–Trinajstić information content (AvgIpc) is 2.87. The van der Waals surface area contributed by atoms with Crippen molar-refractivity contribution in [1.29, 1.82) is 0 Å². The van der Waals surface area contributed by atoms with E-state index in [1.54, 1.807) is 72.9 Å². The van der Waals surface area contributed by atoms with Gasteiger partial charge in [-0.3, -0.25) is 14.6 Å². The van der Waals surface area contributed by atoms with Crippen molar-refractivity contribution in [2.45, 2.75) is 0 Å². The molecule has 0 atom stereocenters. The van der Waals surface area contributed by atoms with Crippen molar-refractivity contribution in [2.24, 2.45) is 0 Å². The first kappa shape index (κ1) is 22.9. The molecule has 1 heterocycles. The average molecular weight is 514 g/mol. The first-order valence-corrected chi connectivity index (χ1v) is 11.2. The van der Waals surface area contributed by atoms with Crippen LogP contribution in [-0.4, -0.2) is 16.8 Å². The summed E-state index contributed by atoms with van der Waals surface area (Å²) < 4.78 is 6.74. The minimum absolute atomic E-state index is 0.0946. The van der Waals surface area contributed by atoms with Crippen molar-refractivity contribution < 1.29 is 14.3 Å². The second kappa shape index (κ2) is 11.1. The molecule has 0 saturated heterocycles. The third kappa shape index (κ3) is 6.17. The molecule has 4 rings (SSSR count). The van der Waals surface area contributed by atoms with Gasteiger partial charge in [-0.15, -0.1) is 0 Å². The molecule has 0 aliphatic carbocycles. The number of hydrogen-bond donors (Lipinski definition) is 2. The molecule has 168 valence electrons. The molecule has 0 bridgehead atoms. The van der Waals surface area contributed by atoms with Crippen LogP contribution in [0.1, 0.15) is 15.9 Å². The number of carbonyl (C=O) groups excluding carboxylic acids is 2. The van der Waals surface area contributed by atoms with E-state index in [-0.39, 0.29) is 11.6 Å². The molecule has 0 aliphatic heterocycles. The molecule has 1 aromatic heterocycles. The summed E-state index contributed by atoms with van der Waals surface area (Å²) in [5.74, 6) is 0.476. The lowest BCUT2D eigenvalue weighted by molar-refractivity contribution is -0.113. The Bertz CT molecular complexity index is 1310. The summed E-state index contributed by atoms with van der Waals surface area (Å²) >= 11 is 3.46. The van der Waals surface area contributed by atoms with Crippen LogP contribution in [0.4, 0.5) is 5.69 Å². The number of hydrogen-bond acceptors (Lipinski definition) is 4. The van der Waals surface area contributed by atoms with Gasteiger partial charge in [-0.1, -0.05) is 42.5 Å². The lowest BCUT2D eigenvalue weighted by atomic mass is 10.1. The Morgan fingerprint density at radius 1 is 0.853 bits per heavy atom. The maximum Gasteiger partial charge on any atom is 0.272 e. The number of amides is 2. The van der Waals surface area contributed by atoms with E-state index in [0.717, 1.165) is 4.47 Å². The Hall–Kier alpha value is -4.23. The number of benzene rings is 3. The summed E-state index contributed by atoms with van der Waals surface area (Å²) in [5.41, 5.74) is 1.77. The minimum atomic E-state index is -0.467. The van der Waals surface area contributed by atoms with Gasteiger partial charge in [-0.2, -0.15) is 0 Å². The number of anilines is 1. The summed E-state index contributed by atoms with van der Waals surface area (Å²) in [7, 11) is 0. The van der Waals surface area contributed by atoms with E-state index in [4.69, 9.17) is 4.74 Å². The zero-order valence-corrected chi connectivity index (χ0v) is 19.5. The summed E-state index contributed by atoms with van der Waals surface area (Å²) in [6.07, 6.45) is 4.75. The fourth-order valence-electron chi connectivity index (χ4n) is 3.03. The summed E-state index contributed by atoms with van der Waals surface area (Å²) in [6, 6.07) is 26.9. The maximum absolute atomic E-state index is 13.0. The van der Waals surface area contributed by atoms with Crippen LogP contribution in [0.3, 0.4) is 0 Å². The van der Waals surface area contributed by atoms with E-state index in [0.29, 0.717) is 28.3 Å². The van der Waals surface area contributed by atoms with Gasteiger partial charge in [0.25, 0.3) is 11.8 Å². The third-order valence-electron chi connectivity index (χ3n) is 4.70. The largest absolute Gasteiger partial charge is 0.456 e. The monoisotopic (exact) mass is 513 g/mol. The molecular weight excluding hydrogens is 494 g/mol. The normalized spacial score (nSPS) is 10.9. The quantitative estimate of drug-likeness (QED) is 0.295. The Labute approximate surface area is 205 Å². The van der Waals surface area contributed by atoms with Gasteiger partial charge in [0.1, 0.15) is 17.2 Å². The van der Waals surface area contributed by atoms with Gasteiger partial charge in [0.2, 0.25) is 0 Å². The molecule has 2 amide bonds. The van der Waals surface area contributed by atoms with Crippen molar-refractivity contribution in [3.8, 4) is 11.5 Å². The number of pyridine rings is 1. The van der Waals surface area contributed by atoms with E-state index in [1.807, 2.05) is 30.3 Å². The highest BCUT2D eigenvalue weighted by molar-refractivity contribution is 9.10. The highest BCUT2D eigenvalue weighted by Gasteiger charge is 2.15. The Morgan fingerprint density at radius 3 is 2.29 bits per heavy atom. The van der Waals surface area contributed by atoms with Crippen LogP contribution in [0.15, 0.2) is 114 Å². The van der Waals surface area contributed by atoms with E-state index in [9.17, 15) is 9.59 Å². The van der Waals surface area contributed by atoms with Gasteiger partial charge in [0.15, 0.2) is 0 Å². The summed E-state index contributed by atoms with van der Waals surface area (Å²) in [6.45, 7) is 0. The van der Waals surface area contributed by atoms with Crippen LogP contribution in [0, 0.1) is 0 Å². The predicted molar refractivity (Wildman–Crippen MR) is 135 cm³/mol. The number of nitrogens with one attached hydrogen (secondary N) is 2. The van der Waals surface area contributed by atoms with Crippen molar-refractivity contribution in [2.75, 3.05) is 5.32 Å². The Morgan fingerprint density at radius 2 is 1.59 bits per heavy atom. The molecule has 0 spiro atoms. The smallest absolute Gasteiger partial charge is 0.272 e. The van der Waals surface area contributed by atoms with Crippen molar-refractivity contribution in [1.82, 2.24) is 10.3 Å². The summed E-state index contributed by atoms with van der Waals surface area (Å²) in [4.78, 5) is 29.7. The van der Waals surface area contributed by atoms with Crippen LogP contribution in [-0.2, 0) is 4.79 Å². The number of rotatable bonds is 7. The predicted octanol–water partition coefficient (Wildman–Crippen LogP) is 6.05. The fraction of sp³-hybridized carbons (Fsp3) is 0. The number of para-hydroxylation sites is 1. The molecule has 0 radical (unpaired) electrons. The molecule has 7 heteroatoms. The van der Waals surface area contributed by atoms with Crippen molar-refractivity contribution >= 4 is 39.5 Å². The van der Waals surface area contributed by atoms with E-state index in [2.05, 4.69) is 31.5 Å². The summed E-state index contributed by atoms with van der Waals surface area (Å²) in [5, 5.41) is 5.47. The third-order valence-corrected chi connectivity index (χ3v) is 5.36. The zero-order chi connectivity index (χ0) is 23.8. The van der Waals surface area contributed by atoms with Gasteiger partial charge in [-0.25, -0.2) is 0 Å². The molecule has 0 unspecified atom stereocenters. The topological polar surface area (TPSA) is 80.3 Å². The minimum Gasteiger partial charge on any atom is -0.456 e. The number of nitrogens with zero attached hydrogens (tertiary/aromatic N) is 1. The second-order valence-electron chi connectivity index (χ2n) is 7.18. The standard InChI is InChI=1S/C27H20BrN3O3/c28-23-10-4-5-11-25(23)34-22-14-12-19(13-15-22)17-24(27(33)30-21-9-6-16-29-18-21)31-26(32)20-7-2-1-3-8-20/h1-18H,(H,30,33)(H,31,32)/b24-17+. The fourth-order valence-corrected chi connectivity index (χ4v) is 3.40. The van der Waals surface area contributed by atoms with Crippen LogP contribution < -0.4 is 15.4 Å². The molecule has 4 aromatic rings. The number of halogens is 1. The molecule has 34 heavy (non-hydrogen) atoms. The molecule has 2 N–H and O–H groups in total. The van der Waals surface area contributed by atoms with Gasteiger partial charge in [0.05, 0.1) is 16.4 Å². The maximum atomic E-state index is 13.0. The molecule has 3 aromatic carbocycles. The number of carbonyl (C=O) groups is 2. The highest BCUT2D eigenvalue weighted by Crippen LogP contribution is 2.29.